The Morgan fingerprint density at radius 3 is 2.49 bits per heavy atom. The molecule has 13 heteroatoms. The molecule has 2 amide bonds. The van der Waals surface area contributed by atoms with Crippen LogP contribution in [0.25, 0.3) is 0 Å². The van der Waals surface area contributed by atoms with Crippen LogP contribution in [-0.4, -0.2) is 73.0 Å². The van der Waals surface area contributed by atoms with E-state index in [9.17, 15) is 40.0 Å². The van der Waals surface area contributed by atoms with Gasteiger partial charge in [0.15, 0.2) is 16.0 Å². The summed E-state index contributed by atoms with van der Waals surface area (Å²) in [7, 11) is -4.42. The normalized spacial score (nSPS) is 30.2. The van der Waals surface area contributed by atoms with Crippen LogP contribution in [0.4, 0.5) is 22.0 Å². The number of likely N-dealkylation sites (tertiary alicyclic amines) is 2. The fraction of sp³-hybridized carbons (Fsp3) is 0.500. The number of fused-ring (bicyclic) bond motifs is 3. The van der Waals surface area contributed by atoms with Crippen molar-refractivity contribution in [1.29, 1.82) is 0 Å². The van der Waals surface area contributed by atoms with E-state index in [0.29, 0.717) is 6.92 Å². The van der Waals surface area contributed by atoms with Crippen LogP contribution in [0.5, 0.6) is 0 Å². The second-order valence-electron chi connectivity index (χ2n) is 10.2. The van der Waals surface area contributed by atoms with Crippen molar-refractivity contribution < 1.29 is 44.1 Å². The molecule has 210 valence electrons. The molecule has 0 spiro atoms. The SMILES string of the molecule is [2H]C([2H])([2H])N1C(=O)[C@H](F)C[C@H]1C(=O)N1CCC2(S(=O)(=O)c3ccccc3)c3ccc(C(C)(F)C(F)(F)F)nc3CCC12. The van der Waals surface area contributed by atoms with Crippen LogP contribution in [0.2, 0.25) is 0 Å². The summed E-state index contributed by atoms with van der Waals surface area (Å²) in [6.07, 6.45) is -8.78. The molecule has 39 heavy (non-hydrogen) atoms. The standard InChI is InChI=1S/C26H26F5N3O4S/c1-24(28,26(29,30)31)20-10-8-16-18(32-20)9-11-21-25(16,39(37,38)15-6-4-3-5-7-15)12-13-34(21)23(36)19-14-17(27)22(35)33(19)2/h3-8,10,17,19,21H,9,11-14H2,1-2H3/t17-,19+,21?,24?,25?/m1/s1/i2D3. The number of nitrogens with zero attached hydrogens (tertiary/aromatic N) is 3. The highest BCUT2D eigenvalue weighted by molar-refractivity contribution is 7.92. The minimum Gasteiger partial charge on any atom is -0.336 e. The Morgan fingerprint density at radius 2 is 1.85 bits per heavy atom. The van der Waals surface area contributed by atoms with E-state index in [4.69, 9.17) is 4.11 Å². The molecule has 5 atom stereocenters. The average Bonchev–Trinajstić information content (AvgIpc) is 3.46. The van der Waals surface area contributed by atoms with Crippen molar-refractivity contribution in [1.82, 2.24) is 14.8 Å². The summed E-state index contributed by atoms with van der Waals surface area (Å²) in [5.41, 5.74) is -4.84. The van der Waals surface area contributed by atoms with Crippen LogP contribution in [0.15, 0.2) is 47.4 Å². The molecule has 1 aromatic carbocycles. The molecular formula is C26H26F5N3O4S. The van der Waals surface area contributed by atoms with Gasteiger partial charge in [-0.1, -0.05) is 24.3 Å². The highest BCUT2D eigenvalue weighted by Gasteiger charge is 2.63. The van der Waals surface area contributed by atoms with Crippen LogP contribution in [-0.2, 0) is 36.3 Å². The van der Waals surface area contributed by atoms with Crippen molar-refractivity contribution in [3.05, 3.63) is 59.4 Å². The predicted molar refractivity (Wildman–Crippen MR) is 129 cm³/mol. The van der Waals surface area contributed by atoms with Crippen LogP contribution >= 0.6 is 0 Å². The van der Waals surface area contributed by atoms with Crippen LogP contribution in [0, 0.1) is 0 Å². The van der Waals surface area contributed by atoms with Gasteiger partial charge in [-0.15, -0.1) is 0 Å². The number of rotatable bonds is 4. The summed E-state index contributed by atoms with van der Waals surface area (Å²) >= 11 is 0. The predicted octanol–water partition coefficient (Wildman–Crippen LogP) is 3.61. The summed E-state index contributed by atoms with van der Waals surface area (Å²) in [5.74, 6) is -2.32. The van der Waals surface area contributed by atoms with Gasteiger partial charge < -0.3 is 9.80 Å². The van der Waals surface area contributed by atoms with Crippen molar-refractivity contribution in [3.63, 3.8) is 0 Å². The van der Waals surface area contributed by atoms with Gasteiger partial charge >= 0.3 is 6.18 Å². The van der Waals surface area contributed by atoms with Crippen molar-refractivity contribution in [2.45, 2.75) is 72.3 Å². The monoisotopic (exact) mass is 574 g/mol. The maximum absolute atomic E-state index is 14.8. The van der Waals surface area contributed by atoms with Gasteiger partial charge in [-0.05, 0) is 49.9 Å². The largest absolute Gasteiger partial charge is 0.428 e. The van der Waals surface area contributed by atoms with E-state index in [-0.39, 0.29) is 46.9 Å². The molecule has 2 fully saturated rings. The lowest BCUT2D eigenvalue weighted by Gasteiger charge is -2.43. The number of pyridine rings is 1. The lowest BCUT2D eigenvalue weighted by atomic mass is 9.80. The molecule has 1 aliphatic carbocycles. The van der Waals surface area contributed by atoms with Crippen molar-refractivity contribution >= 4 is 21.7 Å². The molecule has 0 saturated carbocycles. The van der Waals surface area contributed by atoms with Crippen LogP contribution in [0.1, 0.15) is 47.2 Å². The first-order valence-electron chi connectivity index (χ1n) is 13.7. The lowest BCUT2D eigenvalue weighted by Crippen LogP contribution is -2.55. The Morgan fingerprint density at radius 1 is 1.15 bits per heavy atom. The van der Waals surface area contributed by atoms with Gasteiger partial charge in [0.1, 0.15) is 10.8 Å². The van der Waals surface area contributed by atoms with Crippen LogP contribution < -0.4 is 0 Å². The average molecular weight is 575 g/mol. The number of carbonyl (C=O) groups excluding carboxylic acids is 2. The first-order chi connectivity index (χ1) is 19.4. The van der Waals surface area contributed by atoms with E-state index >= 15 is 0 Å². The molecule has 3 unspecified atom stereocenters. The van der Waals surface area contributed by atoms with E-state index in [0.717, 1.165) is 17.0 Å². The smallest absolute Gasteiger partial charge is 0.336 e. The summed E-state index contributed by atoms with van der Waals surface area (Å²) in [5, 5.41) is 0. The van der Waals surface area contributed by atoms with Gasteiger partial charge in [-0.25, -0.2) is 17.2 Å². The first-order valence-corrected chi connectivity index (χ1v) is 13.7. The topological polar surface area (TPSA) is 87.7 Å². The minimum absolute atomic E-state index is 0.00169. The summed E-state index contributed by atoms with van der Waals surface area (Å²) in [6.45, 7) is -3.06. The Kier molecular flexibility index (Phi) is 5.46. The van der Waals surface area contributed by atoms with E-state index in [1.54, 1.807) is 6.07 Å². The highest BCUT2D eigenvalue weighted by atomic mass is 32.2. The Hall–Kier alpha value is -3.09. The number of halogens is 5. The summed E-state index contributed by atoms with van der Waals surface area (Å²) in [4.78, 5) is 31.2. The number of hydrogen-bond donors (Lipinski definition) is 0. The third-order valence-corrected chi connectivity index (χ3v) is 10.6. The molecule has 7 nitrogen and oxygen atoms in total. The number of benzene rings is 1. The molecule has 3 aliphatic rings. The van der Waals surface area contributed by atoms with Crippen molar-refractivity contribution in [3.8, 4) is 0 Å². The van der Waals surface area contributed by atoms with E-state index in [1.807, 2.05) is 0 Å². The van der Waals surface area contributed by atoms with Crippen molar-refractivity contribution in [2.75, 3.05) is 13.5 Å². The first kappa shape index (κ1) is 23.8. The molecule has 0 radical (unpaired) electrons. The van der Waals surface area contributed by atoms with Gasteiger partial charge in [-0.3, -0.25) is 14.6 Å². The molecular weight excluding hydrogens is 545 g/mol. The molecule has 2 saturated heterocycles. The quantitative estimate of drug-likeness (QED) is 0.521. The number of sulfone groups is 1. The van der Waals surface area contributed by atoms with Crippen LogP contribution in [0.3, 0.4) is 0 Å². The highest BCUT2D eigenvalue weighted by Crippen LogP contribution is 2.53. The third kappa shape index (κ3) is 3.86. The molecule has 0 bridgehead atoms. The van der Waals surface area contributed by atoms with E-state index in [2.05, 4.69) is 4.98 Å². The zero-order chi connectivity index (χ0) is 31.0. The fourth-order valence-electron chi connectivity index (χ4n) is 5.96. The number of likely N-dealkylation sites (N-methyl/N-ethyl adjacent to an activating group) is 1. The third-order valence-electron chi connectivity index (χ3n) is 8.09. The van der Waals surface area contributed by atoms with Gasteiger partial charge in [0.05, 0.1) is 16.6 Å². The van der Waals surface area contributed by atoms with E-state index in [1.165, 1.54) is 24.3 Å². The molecule has 2 aliphatic heterocycles. The molecule has 2 aromatic rings. The second kappa shape index (κ2) is 8.97. The number of carbonyl (C=O) groups is 2. The second-order valence-corrected chi connectivity index (χ2v) is 12.4. The molecule has 3 heterocycles. The van der Waals surface area contributed by atoms with Gasteiger partial charge in [0.2, 0.25) is 11.6 Å². The Balaban J connectivity index is 1.64. The number of amides is 2. The maximum Gasteiger partial charge on any atom is 0.428 e. The summed E-state index contributed by atoms with van der Waals surface area (Å²) < 4.78 is 119. The lowest BCUT2D eigenvalue weighted by molar-refractivity contribution is -0.230. The maximum atomic E-state index is 14.8. The Bertz CT molecular complexity index is 1540. The Labute approximate surface area is 226 Å². The number of hydrogen-bond acceptors (Lipinski definition) is 5. The number of aryl methyl sites for hydroxylation is 1. The number of aromatic nitrogens is 1. The van der Waals surface area contributed by atoms with Gasteiger partial charge in [-0.2, -0.15) is 13.2 Å². The fourth-order valence-corrected chi connectivity index (χ4v) is 8.34. The minimum atomic E-state index is -5.29. The van der Waals surface area contributed by atoms with Gasteiger partial charge in [0, 0.05) is 29.7 Å². The van der Waals surface area contributed by atoms with Crippen molar-refractivity contribution in [2.24, 2.45) is 0 Å². The zero-order valence-electron chi connectivity index (χ0n) is 23.6. The zero-order valence-corrected chi connectivity index (χ0v) is 21.4. The molecule has 5 rings (SSSR count). The van der Waals surface area contributed by atoms with E-state index < -0.39 is 75.6 Å². The molecule has 1 aromatic heterocycles. The molecule has 0 N–H and O–H groups in total. The summed E-state index contributed by atoms with van der Waals surface area (Å²) in [6, 6.07) is 6.16. The number of alkyl halides is 5. The van der Waals surface area contributed by atoms with Gasteiger partial charge in [0.25, 0.3) is 5.91 Å².